The molecular weight excluding hydrogens is 390 g/mol. The van der Waals surface area contributed by atoms with Crippen LogP contribution in [-0.2, 0) is 11.4 Å². The molecule has 0 atom stereocenters. The van der Waals surface area contributed by atoms with Crippen LogP contribution in [-0.4, -0.2) is 72.3 Å². The first kappa shape index (κ1) is 22.8. The predicted octanol–water partition coefficient (Wildman–Crippen LogP) is 3.28. The Morgan fingerprint density at radius 2 is 1.61 bits per heavy atom. The highest BCUT2D eigenvalue weighted by Gasteiger charge is 2.22. The van der Waals surface area contributed by atoms with E-state index in [1.807, 2.05) is 78.2 Å². The van der Waals surface area contributed by atoms with E-state index in [-0.39, 0.29) is 11.8 Å². The number of likely N-dealkylation sites (N-methyl/N-ethyl adjacent to an activating group) is 1. The van der Waals surface area contributed by atoms with Crippen molar-refractivity contribution >= 4 is 11.8 Å². The predicted molar refractivity (Wildman–Crippen MR) is 122 cm³/mol. The van der Waals surface area contributed by atoms with E-state index in [4.69, 9.17) is 4.74 Å². The van der Waals surface area contributed by atoms with Crippen LogP contribution in [0.3, 0.4) is 0 Å². The van der Waals surface area contributed by atoms with Gasteiger partial charge in [-0.3, -0.25) is 14.5 Å². The van der Waals surface area contributed by atoms with Gasteiger partial charge >= 0.3 is 0 Å². The second-order valence-corrected chi connectivity index (χ2v) is 7.79. The molecule has 1 aliphatic heterocycles. The van der Waals surface area contributed by atoms with Crippen molar-refractivity contribution in [3.8, 4) is 5.75 Å². The van der Waals surface area contributed by atoms with Gasteiger partial charge in [-0.25, -0.2) is 0 Å². The number of nitrogens with zero attached hydrogens (tertiary/aromatic N) is 3. The molecule has 3 rings (SSSR count). The Balaban J connectivity index is 1.51. The van der Waals surface area contributed by atoms with E-state index < -0.39 is 0 Å². The molecule has 6 heteroatoms. The molecule has 0 bridgehead atoms. The van der Waals surface area contributed by atoms with Crippen molar-refractivity contribution < 1.29 is 14.3 Å². The lowest BCUT2D eigenvalue weighted by Crippen LogP contribution is -2.42. The molecule has 0 spiro atoms. The van der Waals surface area contributed by atoms with Crippen molar-refractivity contribution in [1.82, 2.24) is 14.7 Å². The number of carbonyl (C=O) groups excluding carboxylic acids is 2. The minimum atomic E-state index is 0.0486. The number of hydrogen-bond donors (Lipinski definition) is 0. The average Bonchev–Trinajstić information content (AvgIpc) is 3.04. The third-order valence-corrected chi connectivity index (χ3v) is 5.70. The molecule has 2 aromatic rings. The Labute approximate surface area is 185 Å². The SMILES string of the molecule is CCN(CC)C(=O)CN1CCCN(C(=O)c2ccc(COc3ccccc3)cc2)CC1. The van der Waals surface area contributed by atoms with Crippen LogP contribution in [0.25, 0.3) is 0 Å². The quantitative estimate of drug-likeness (QED) is 0.654. The monoisotopic (exact) mass is 423 g/mol. The molecule has 1 saturated heterocycles. The Morgan fingerprint density at radius 1 is 0.903 bits per heavy atom. The molecule has 0 saturated carbocycles. The van der Waals surface area contributed by atoms with Gasteiger partial charge in [0.05, 0.1) is 6.54 Å². The summed E-state index contributed by atoms with van der Waals surface area (Å²) in [4.78, 5) is 31.3. The lowest BCUT2D eigenvalue weighted by molar-refractivity contribution is -0.132. The van der Waals surface area contributed by atoms with Crippen LogP contribution in [0.4, 0.5) is 0 Å². The highest BCUT2D eigenvalue weighted by molar-refractivity contribution is 5.94. The average molecular weight is 424 g/mol. The number of rotatable bonds is 8. The van der Waals surface area contributed by atoms with Crippen molar-refractivity contribution in [2.75, 3.05) is 45.8 Å². The summed E-state index contributed by atoms with van der Waals surface area (Å²) in [6.07, 6.45) is 0.875. The summed E-state index contributed by atoms with van der Waals surface area (Å²) in [6, 6.07) is 17.3. The maximum atomic E-state index is 13.0. The Kier molecular flexibility index (Phi) is 8.47. The van der Waals surface area contributed by atoms with Gasteiger partial charge in [0.25, 0.3) is 5.91 Å². The molecule has 0 unspecified atom stereocenters. The maximum absolute atomic E-state index is 13.0. The van der Waals surface area contributed by atoms with Crippen molar-refractivity contribution in [2.24, 2.45) is 0 Å². The molecule has 31 heavy (non-hydrogen) atoms. The Hall–Kier alpha value is -2.86. The van der Waals surface area contributed by atoms with Gasteiger partial charge in [0, 0.05) is 44.8 Å². The van der Waals surface area contributed by atoms with Gasteiger partial charge in [0.1, 0.15) is 12.4 Å². The maximum Gasteiger partial charge on any atom is 0.253 e. The lowest BCUT2D eigenvalue weighted by atomic mass is 10.1. The van der Waals surface area contributed by atoms with Crippen molar-refractivity contribution in [3.63, 3.8) is 0 Å². The van der Waals surface area contributed by atoms with Gasteiger partial charge in [-0.15, -0.1) is 0 Å². The van der Waals surface area contributed by atoms with Crippen LogP contribution in [0.15, 0.2) is 54.6 Å². The second kappa shape index (κ2) is 11.5. The molecule has 2 aromatic carbocycles. The van der Waals surface area contributed by atoms with Gasteiger partial charge in [-0.2, -0.15) is 0 Å². The number of benzene rings is 2. The standard InChI is InChI=1S/C25H33N3O3/c1-3-27(4-2)24(29)19-26-15-8-16-28(18-17-26)25(30)22-13-11-21(12-14-22)20-31-23-9-6-5-7-10-23/h5-7,9-14H,3-4,8,15-20H2,1-2H3. The molecule has 0 N–H and O–H groups in total. The minimum Gasteiger partial charge on any atom is -0.489 e. The number of hydrogen-bond acceptors (Lipinski definition) is 4. The molecule has 6 nitrogen and oxygen atoms in total. The number of amides is 2. The first-order valence-electron chi connectivity index (χ1n) is 11.2. The topological polar surface area (TPSA) is 53.1 Å². The van der Waals surface area contributed by atoms with E-state index in [9.17, 15) is 9.59 Å². The van der Waals surface area contributed by atoms with E-state index >= 15 is 0 Å². The van der Waals surface area contributed by atoms with E-state index in [1.54, 1.807) is 0 Å². The number of carbonyl (C=O) groups is 2. The lowest BCUT2D eigenvalue weighted by Gasteiger charge is -2.25. The highest BCUT2D eigenvalue weighted by atomic mass is 16.5. The van der Waals surface area contributed by atoms with E-state index in [0.717, 1.165) is 43.9 Å². The van der Waals surface area contributed by atoms with E-state index in [0.29, 0.717) is 31.8 Å². The molecule has 0 aliphatic carbocycles. The zero-order valence-electron chi connectivity index (χ0n) is 18.6. The van der Waals surface area contributed by atoms with Crippen LogP contribution in [0.2, 0.25) is 0 Å². The normalized spacial score (nSPS) is 14.7. The zero-order valence-corrected chi connectivity index (χ0v) is 18.6. The van der Waals surface area contributed by atoms with Gasteiger partial charge < -0.3 is 14.5 Å². The molecule has 2 amide bonds. The summed E-state index contributed by atoms with van der Waals surface area (Å²) < 4.78 is 5.77. The fraction of sp³-hybridized carbons (Fsp3) is 0.440. The van der Waals surface area contributed by atoms with Gasteiger partial charge in [-0.05, 0) is 50.1 Å². The number of ether oxygens (including phenoxy) is 1. The van der Waals surface area contributed by atoms with Gasteiger partial charge in [0.2, 0.25) is 5.91 Å². The van der Waals surface area contributed by atoms with Gasteiger partial charge in [0.15, 0.2) is 0 Å². The Morgan fingerprint density at radius 3 is 2.29 bits per heavy atom. The second-order valence-electron chi connectivity index (χ2n) is 7.79. The van der Waals surface area contributed by atoms with Gasteiger partial charge in [-0.1, -0.05) is 30.3 Å². The van der Waals surface area contributed by atoms with E-state index in [2.05, 4.69) is 4.90 Å². The fourth-order valence-electron chi connectivity index (χ4n) is 3.81. The van der Waals surface area contributed by atoms with Crippen LogP contribution in [0.1, 0.15) is 36.2 Å². The zero-order chi connectivity index (χ0) is 22.1. The van der Waals surface area contributed by atoms with Crippen molar-refractivity contribution in [2.45, 2.75) is 26.9 Å². The summed E-state index contributed by atoms with van der Waals surface area (Å²) in [5.74, 6) is 1.04. The molecule has 0 aromatic heterocycles. The fourth-order valence-corrected chi connectivity index (χ4v) is 3.81. The minimum absolute atomic E-state index is 0.0486. The smallest absolute Gasteiger partial charge is 0.253 e. The van der Waals surface area contributed by atoms with Crippen LogP contribution in [0.5, 0.6) is 5.75 Å². The Bertz CT molecular complexity index is 835. The van der Waals surface area contributed by atoms with E-state index in [1.165, 1.54) is 0 Å². The summed E-state index contributed by atoms with van der Waals surface area (Å²) >= 11 is 0. The van der Waals surface area contributed by atoms with Crippen molar-refractivity contribution in [3.05, 3.63) is 65.7 Å². The summed E-state index contributed by atoms with van der Waals surface area (Å²) in [6.45, 7) is 9.30. The summed E-state index contributed by atoms with van der Waals surface area (Å²) in [7, 11) is 0. The van der Waals surface area contributed by atoms with Crippen LogP contribution >= 0.6 is 0 Å². The van der Waals surface area contributed by atoms with Crippen molar-refractivity contribution in [1.29, 1.82) is 0 Å². The molecule has 1 heterocycles. The third-order valence-electron chi connectivity index (χ3n) is 5.70. The highest BCUT2D eigenvalue weighted by Crippen LogP contribution is 2.14. The molecule has 166 valence electrons. The van der Waals surface area contributed by atoms with Crippen LogP contribution in [0, 0.1) is 0 Å². The third kappa shape index (κ3) is 6.56. The molecule has 1 aliphatic rings. The molecule has 1 fully saturated rings. The first-order valence-corrected chi connectivity index (χ1v) is 11.2. The summed E-state index contributed by atoms with van der Waals surface area (Å²) in [5.41, 5.74) is 1.72. The molecule has 0 radical (unpaired) electrons. The number of para-hydroxylation sites is 1. The first-order chi connectivity index (χ1) is 15.1. The largest absolute Gasteiger partial charge is 0.489 e. The molecular formula is C25H33N3O3. The summed E-state index contributed by atoms with van der Waals surface area (Å²) in [5, 5.41) is 0. The van der Waals surface area contributed by atoms with Crippen LogP contribution < -0.4 is 4.74 Å².